The highest BCUT2D eigenvalue weighted by Crippen LogP contribution is 2.21. The molecule has 1 aromatic heterocycles. The average molecular weight is 309 g/mol. The highest BCUT2D eigenvalue weighted by molar-refractivity contribution is 6.30. The molecule has 0 fully saturated rings. The Balaban J connectivity index is 2.00. The van der Waals surface area contributed by atoms with E-state index in [9.17, 15) is 4.79 Å². The lowest BCUT2D eigenvalue weighted by Crippen LogP contribution is -2.37. The highest BCUT2D eigenvalue weighted by atomic mass is 35.5. The first-order valence-corrected chi connectivity index (χ1v) is 7.10. The maximum Gasteiger partial charge on any atom is 0.226 e. The van der Waals surface area contributed by atoms with Crippen LogP contribution in [0.25, 0.3) is 11.5 Å². The van der Waals surface area contributed by atoms with Gasteiger partial charge in [-0.15, -0.1) is 0 Å². The second-order valence-electron chi connectivity index (χ2n) is 4.68. The van der Waals surface area contributed by atoms with Crippen LogP contribution in [0.4, 0.5) is 0 Å². The molecule has 21 heavy (non-hydrogen) atoms. The van der Waals surface area contributed by atoms with E-state index < -0.39 is 0 Å². The summed E-state index contributed by atoms with van der Waals surface area (Å²) in [7, 11) is 0. The number of aromatic nitrogens is 1. The van der Waals surface area contributed by atoms with Crippen LogP contribution in [0.5, 0.6) is 0 Å². The number of carbonyl (C=O) groups is 1. The summed E-state index contributed by atoms with van der Waals surface area (Å²) in [4.78, 5) is 16.1. The van der Waals surface area contributed by atoms with Crippen LogP contribution in [-0.4, -0.2) is 28.6 Å². The summed E-state index contributed by atoms with van der Waals surface area (Å²) < 4.78 is 5.37. The Bertz CT molecular complexity index is 591. The van der Waals surface area contributed by atoms with Gasteiger partial charge in [0.15, 0.2) is 0 Å². The van der Waals surface area contributed by atoms with Gasteiger partial charge in [0.05, 0.1) is 24.8 Å². The van der Waals surface area contributed by atoms with E-state index in [1.54, 1.807) is 24.3 Å². The maximum atomic E-state index is 11.8. The molecule has 2 rings (SSSR count). The first-order valence-electron chi connectivity index (χ1n) is 6.73. The summed E-state index contributed by atoms with van der Waals surface area (Å²) in [5, 5.41) is 12.4. The minimum atomic E-state index is -0.222. The summed E-state index contributed by atoms with van der Waals surface area (Å²) >= 11 is 5.82. The van der Waals surface area contributed by atoms with Crippen LogP contribution in [0.1, 0.15) is 19.0 Å². The van der Waals surface area contributed by atoms with Crippen molar-refractivity contribution in [1.29, 1.82) is 0 Å². The second-order valence-corrected chi connectivity index (χ2v) is 5.12. The van der Waals surface area contributed by atoms with Crippen LogP contribution in [0.15, 0.2) is 34.9 Å². The van der Waals surface area contributed by atoms with Crippen molar-refractivity contribution < 1.29 is 14.3 Å². The van der Waals surface area contributed by atoms with Crippen LogP contribution in [-0.2, 0) is 11.2 Å². The summed E-state index contributed by atoms with van der Waals surface area (Å²) in [6.07, 6.45) is 2.26. The summed E-state index contributed by atoms with van der Waals surface area (Å²) in [6, 6.07) is 6.88. The normalized spacial score (nSPS) is 12.1. The zero-order valence-electron chi connectivity index (χ0n) is 11.7. The molecule has 1 heterocycles. The fourth-order valence-corrected chi connectivity index (χ4v) is 1.96. The number of amides is 1. The number of nitrogens with zero attached hydrogens (tertiary/aromatic N) is 1. The fraction of sp³-hybridized carbons (Fsp3) is 0.333. The van der Waals surface area contributed by atoms with Gasteiger partial charge in [0.25, 0.3) is 0 Å². The molecule has 2 aromatic rings. The summed E-state index contributed by atoms with van der Waals surface area (Å²) in [6.45, 7) is 1.83. The van der Waals surface area contributed by atoms with Crippen molar-refractivity contribution in [3.05, 3.63) is 41.2 Å². The number of rotatable bonds is 6. The van der Waals surface area contributed by atoms with Crippen molar-refractivity contribution in [2.24, 2.45) is 0 Å². The lowest BCUT2D eigenvalue weighted by atomic mass is 10.2. The quantitative estimate of drug-likeness (QED) is 0.859. The molecule has 112 valence electrons. The molecule has 1 aromatic carbocycles. The third-order valence-electron chi connectivity index (χ3n) is 3.06. The average Bonchev–Trinajstić information content (AvgIpc) is 2.94. The number of hydrogen-bond donors (Lipinski definition) is 2. The molecule has 0 radical (unpaired) electrons. The molecule has 0 spiro atoms. The van der Waals surface area contributed by atoms with Crippen molar-refractivity contribution in [1.82, 2.24) is 10.3 Å². The predicted molar refractivity (Wildman–Crippen MR) is 80.0 cm³/mol. The molecular weight excluding hydrogens is 292 g/mol. The molecule has 6 heteroatoms. The Morgan fingerprint density at radius 1 is 1.43 bits per heavy atom. The maximum absolute atomic E-state index is 11.8. The van der Waals surface area contributed by atoms with Gasteiger partial charge in [0.2, 0.25) is 11.8 Å². The molecule has 0 saturated heterocycles. The molecule has 5 nitrogen and oxygen atoms in total. The van der Waals surface area contributed by atoms with Gasteiger partial charge in [-0.1, -0.05) is 18.5 Å². The van der Waals surface area contributed by atoms with E-state index in [4.69, 9.17) is 21.1 Å². The smallest absolute Gasteiger partial charge is 0.226 e. The van der Waals surface area contributed by atoms with Crippen LogP contribution in [0.3, 0.4) is 0 Å². The highest BCUT2D eigenvalue weighted by Gasteiger charge is 2.13. The fourth-order valence-electron chi connectivity index (χ4n) is 1.83. The molecule has 1 amide bonds. The molecule has 1 unspecified atom stereocenters. The third-order valence-corrected chi connectivity index (χ3v) is 3.31. The standard InChI is InChI=1S/C15H17ClN2O3/c1-2-12(8-19)17-14(20)7-13-9-21-15(18-13)10-3-5-11(16)6-4-10/h3-6,9,12,19H,2,7-8H2,1H3,(H,17,20). The van der Waals surface area contributed by atoms with Gasteiger partial charge in [0, 0.05) is 10.6 Å². The number of halogens is 1. The number of hydrogen-bond acceptors (Lipinski definition) is 4. The van der Waals surface area contributed by atoms with E-state index in [0.29, 0.717) is 23.0 Å². The minimum absolute atomic E-state index is 0.0723. The Morgan fingerprint density at radius 3 is 2.76 bits per heavy atom. The van der Waals surface area contributed by atoms with Gasteiger partial charge in [-0.05, 0) is 30.7 Å². The Morgan fingerprint density at radius 2 is 2.14 bits per heavy atom. The zero-order chi connectivity index (χ0) is 15.2. The van der Waals surface area contributed by atoms with Crippen molar-refractivity contribution in [2.45, 2.75) is 25.8 Å². The van der Waals surface area contributed by atoms with Gasteiger partial charge in [0.1, 0.15) is 6.26 Å². The summed E-state index contributed by atoms with van der Waals surface area (Å²) in [5.41, 5.74) is 1.35. The first kappa shape index (κ1) is 15.5. The van der Waals surface area contributed by atoms with E-state index in [-0.39, 0.29) is 25.0 Å². The second kappa shape index (κ2) is 7.24. The van der Waals surface area contributed by atoms with E-state index >= 15 is 0 Å². The lowest BCUT2D eigenvalue weighted by Gasteiger charge is -2.12. The number of benzene rings is 1. The van der Waals surface area contributed by atoms with Crippen LogP contribution in [0, 0.1) is 0 Å². The Kier molecular flexibility index (Phi) is 5.36. The molecule has 0 saturated carbocycles. The summed E-state index contributed by atoms with van der Waals surface area (Å²) in [5.74, 6) is 0.260. The van der Waals surface area contributed by atoms with Gasteiger partial charge >= 0.3 is 0 Å². The van der Waals surface area contributed by atoms with Gasteiger partial charge in [-0.25, -0.2) is 4.98 Å². The van der Waals surface area contributed by atoms with E-state index in [1.807, 2.05) is 6.92 Å². The Hall–Kier alpha value is -1.85. The topological polar surface area (TPSA) is 75.4 Å². The lowest BCUT2D eigenvalue weighted by molar-refractivity contribution is -0.121. The van der Waals surface area contributed by atoms with E-state index in [0.717, 1.165) is 5.56 Å². The van der Waals surface area contributed by atoms with Gasteiger partial charge < -0.3 is 14.8 Å². The Labute approximate surface area is 128 Å². The predicted octanol–water partition coefficient (Wildman–Crippen LogP) is 2.42. The van der Waals surface area contributed by atoms with Crippen molar-refractivity contribution >= 4 is 17.5 Å². The molecule has 0 aliphatic rings. The van der Waals surface area contributed by atoms with E-state index in [2.05, 4.69) is 10.3 Å². The number of aliphatic hydroxyl groups excluding tert-OH is 1. The zero-order valence-corrected chi connectivity index (χ0v) is 12.4. The number of nitrogens with one attached hydrogen (secondary N) is 1. The number of aliphatic hydroxyl groups is 1. The monoisotopic (exact) mass is 308 g/mol. The molecule has 0 aliphatic carbocycles. The van der Waals surface area contributed by atoms with Gasteiger partial charge in [-0.3, -0.25) is 4.79 Å². The van der Waals surface area contributed by atoms with Crippen LogP contribution < -0.4 is 5.32 Å². The molecule has 2 N–H and O–H groups in total. The molecule has 0 bridgehead atoms. The first-order chi connectivity index (χ1) is 10.1. The molecular formula is C15H17ClN2O3. The van der Waals surface area contributed by atoms with E-state index in [1.165, 1.54) is 6.26 Å². The largest absolute Gasteiger partial charge is 0.444 e. The third kappa shape index (κ3) is 4.31. The number of carbonyl (C=O) groups excluding carboxylic acids is 1. The number of oxazole rings is 1. The minimum Gasteiger partial charge on any atom is -0.444 e. The van der Waals surface area contributed by atoms with Crippen molar-refractivity contribution in [3.8, 4) is 11.5 Å². The SMILES string of the molecule is CCC(CO)NC(=O)Cc1coc(-c2ccc(Cl)cc2)n1. The molecule has 0 aliphatic heterocycles. The van der Waals surface area contributed by atoms with Gasteiger partial charge in [-0.2, -0.15) is 0 Å². The van der Waals surface area contributed by atoms with Crippen LogP contribution >= 0.6 is 11.6 Å². The van der Waals surface area contributed by atoms with Crippen molar-refractivity contribution in [2.75, 3.05) is 6.61 Å². The molecule has 1 atom stereocenters. The van der Waals surface area contributed by atoms with Crippen molar-refractivity contribution in [3.63, 3.8) is 0 Å². The van der Waals surface area contributed by atoms with Crippen LogP contribution in [0.2, 0.25) is 5.02 Å².